The van der Waals surface area contributed by atoms with E-state index in [2.05, 4.69) is 26.6 Å². The number of hydrogen-bond donors (Lipinski definition) is 3. The van der Waals surface area contributed by atoms with Crippen LogP contribution in [0.15, 0.2) is 22.7 Å². The maximum Gasteiger partial charge on any atom is 0.318 e. The number of nitrogens with zero attached hydrogens (tertiary/aromatic N) is 2. The molecule has 7 nitrogen and oxygen atoms in total. The van der Waals surface area contributed by atoms with E-state index < -0.39 is 36.3 Å². The predicted molar refractivity (Wildman–Crippen MR) is 102 cm³/mol. The van der Waals surface area contributed by atoms with Gasteiger partial charge in [-0.1, -0.05) is 22.0 Å². The molecule has 1 heterocycles. The van der Waals surface area contributed by atoms with Crippen LogP contribution >= 0.6 is 15.9 Å². The molecule has 0 bridgehead atoms. The van der Waals surface area contributed by atoms with Crippen molar-refractivity contribution in [3.8, 4) is 0 Å². The SMILES string of the molecule is CNC(=O)N1C[C@H](N(C(=O)NCc2ccc(Br)cc2F)C2CC2)CC(O)(F)C1. The summed E-state index contributed by atoms with van der Waals surface area (Å²) in [6.45, 7) is -0.358. The maximum atomic E-state index is 14.4. The number of halogens is 3. The zero-order chi connectivity index (χ0) is 20.5. The minimum absolute atomic E-state index is 0.0209. The molecule has 2 atom stereocenters. The summed E-state index contributed by atoms with van der Waals surface area (Å²) >= 11 is 3.18. The number of urea groups is 2. The van der Waals surface area contributed by atoms with Crippen LogP contribution < -0.4 is 10.6 Å². The summed E-state index contributed by atoms with van der Waals surface area (Å²) < 4.78 is 29.0. The molecule has 28 heavy (non-hydrogen) atoms. The Bertz CT molecular complexity index is 760. The summed E-state index contributed by atoms with van der Waals surface area (Å²) in [5, 5.41) is 15.0. The Morgan fingerprint density at radius 1 is 1.39 bits per heavy atom. The molecule has 1 aliphatic heterocycles. The molecule has 2 aliphatic rings. The van der Waals surface area contributed by atoms with E-state index in [-0.39, 0.29) is 25.6 Å². The molecule has 0 aromatic heterocycles. The first-order valence-corrected chi connectivity index (χ1v) is 9.87. The van der Waals surface area contributed by atoms with Gasteiger partial charge in [-0.3, -0.25) is 0 Å². The first-order chi connectivity index (χ1) is 13.2. The zero-order valence-corrected chi connectivity index (χ0v) is 17.0. The Labute approximate surface area is 170 Å². The van der Waals surface area contributed by atoms with Gasteiger partial charge < -0.3 is 25.5 Å². The molecular weight excluding hydrogens is 438 g/mol. The van der Waals surface area contributed by atoms with Crippen LogP contribution in [0.25, 0.3) is 0 Å². The monoisotopic (exact) mass is 460 g/mol. The molecule has 1 aromatic rings. The van der Waals surface area contributed by atoms with Crippen LogP contribution in [0.5, 0.6) is 0 Å². The molecular formula is C18H23BrF2N4O3. The number of alkyl halides is 1. The molecule has 0 spiro atoms. The second-order valence-corrected chi connectivity index (χ2v) is 8.16. The molecule has 1 saturated heterocycles. The first kappa shape index (κ1) is 20.8. The van der Waals surface area contributed by atoms with Gasteiger partial charge in [0, 0.05) is 42.6 Å². The van der Waals surface area contributed by atoms with Gasteiger partial charge in [0.05, 0.1) is 12.6 Å². The first-order valence-electron chi connectivity index (χ1n) is 9.08. The normalized spacial score (nSPS) is 24.6. The second-order valence-electron chi connectivity index (χ2n) is 7.24. The molecule has 1 saturated carbocycles. The number of β-amino-alcohol motifs (C(OH)–C–C–N with tert-alkyl or cyclic N) is 1. The Balaban J connectivity index is 1.71. The lowest BCUT2D eigenvalue weighted by Gasteiger charge is -2.43. The summed E-state index contributed by atoms with van der Waals surface area (Å²) in [5.74, 6) is -3.03. The highest BCUT2D eigenvalue weighted by molar-refractivity contribution is 9.10. The molecule has 1 unspecified atom stereocenters. The predicted octanol–water partition coefficient (Wildman–Crippen LogP) is 2.33. The molecule has 1 aliphatic carbocycles. The van der Waals surface area contributed by atoms with Gasteiger partial charge in [-0.25, -0.2) is 18.4 Å². The van der Waals surface area contributed by atoms with Crippen LogP contribution in [0.2, 0.25) is 0 Å². The molecule has 4 amide bonds. The van der Waals surface area contributed by atoms with E-state index in [1.54, 1.807) is 12.1 Å². The summed E-state index contributed by atoms with van der Waals surface area (Å²) in [5.41, 5.74) is 0.324. The molecule has 0 radical (unpaired) electrons. The number of amides is 4. The quantitative estimate of drug-likeness (QED) is 0.644. The number of likely N-dealkylation sites (tertiary alicyclic amines) is 1. The highest BCUT2D eigenvalue weighted by Crippen LogP contribution is 2.34. The summed E-state index contributed by atoms with van der Waals surface area (Å²) in [4.78, 5) is 27.4. The zero-order valence-electron chi connectivity index (χ0n) is 15.4. The Hall–Kier alpha value is -1.94. The average Bonchev–Trinajstić information content (AvgIpc) is 3.44. The number of piperidine rings is 1. The topological polar surface area (TPSA) is 84.9 Å². The van der Waals surface area contributed by atoms with Crippen LogP contribution in [-0.2, 0) is 6.54 Å². The lowest BCUT2D eigenvalue weighted by Crippen LogP contribution is -2.61. The van der Waals surface area contributed by atoms with Crippen molar-refractivity contribution in [2.45, 2.75) is 43.7 Å². The average molecular weight is 461 g/mol. The van der Waals surface area contributed by atoms with Gasteiger partial charge in [0.25, 0.3) is 0 Å². The van der Waals surface area contributed by atoms with Gasteiger partial charge in [0.1, 0.15) is 5.82 Å². The minimum Gasteiger partial charge on any atom is -0.360 e. The van der Waals surface area contributed by atoms with Crippen molar-refractivity contribution in [3.63, 3.8) is 0 Å². The number of rotatable bonds is 4. The van der Waals surface area contributed by atoms with E-state index in [0.29, 0.717) is 10.0 Å². The van der Waals surface area contributed by atoms with E-state index in [1.807, 2.05) is 0 Å². The third-order valence-electron chi connectivity index (χ3n) is 4.93. The number of benzene rings is 1. The number of carbonyl (C=O) groups is 2. The fourth-order valence-electron chi connectivity index (χ4n) is 3.51. The fraction of sp³-hybridized carbons (Fsp3) is 0.556. The van der Waals surface area contributed by atoms with Gasteiger partial charge in [0.15, 0.2) is 0 Å². The number of hydrogen-bond acceptors (Lipinski definition) is 3. The van der Waals surface area contributed by atoms with E-state index in [4.69, 9.17) is 0 Å². The van der Waals surface area contributed by atoms with E-state index in [9.17, 15) is 23.5 Å². The van der Waals surface area contributed by atoms with Crippen molar-refractivity contribution in [3.05, 3.63) is 34.1 Å². The highest BCUT2D eigenvalue weighted by Gasteiger charge is 2.47. The van der Waals surface area contributed by atoms with E-state index in [0.717, 1.165) is 17.7 Å². The van der Waals surface area contributed by atoms with Gasteiger partial charge in [-0.2, -0.15) is 0 Å². The van der Waals surface area contributed by atoms with Gasteiger partial charge in [0.2, 0.25) is 5.85 Å². The van der Waals surface area contributed by atoms with Crippen molar-refractivity contribution in [1.82, 2.24) is 20.4 Å². The molecule has 2 fully saturated rings. The lowest BCUT2D eigenvalue weighted by molar-refractivity contribution is -0.140. The van der Waals surface area contributed by atoms with Crippen molar-refractivity contribution < 1.29 is 23.5 Å². The van der Waals surface area contributed by atoms with Crippen LogP contribution in [0, 0.1) is 5.82 Å². The van der Waals surface area contributed by atoms with E-state index in [1.165, 1.54) is 18.0 Å². The Morgan fingerprint density at radius 2 is 2.11 bits per heavy atom. The molecule has 154 valence electrons. The molecule has 1 aromatic carbocycles. The summed E-state index contributed by atoms with van der Waals surface area (Å²) in [7, 11) is 1.42. The third-order valence-corrected chi connectivity index (χ3v) is 5.42. The number of nitrogens with one attached hydrogen (secondary N) is 2. The van der Waals surface area contributed by atoms with E-state index >= 15 is 0 Å². The Kier molecular flexibility index (Phi) is 6.09. The second kappa shape index (κ2) is 8.20. The van der Waals surface area contributed by atoms with Crippen LogP contribution in [0.4, 0.5) is 18.4 Å². The van der Waals surface area contributed by atoms with Gasteiger partial charge in [-0.05, 0) is 25.0 Å². The standard InChI is InChI=1S/C18H23BrF2N4O3/c1-22-16(26)24-9-14(7-18(21,28)10-24)25(13-4-5-13)17(27)23-8-11-2-3-12(19)6-15(11)20/h2-3,6,13-14,28H,4-5,7-10H2,1H3,(H,22,26)(H,23,27)/t14-,18?/m1/s1. The smallest absolute Gasteiger partial charge is 0.318 e. The molecule has 3 rings (SSSR count). The number of aliphatic hydroxyl groups is 1. The van der Waals surface area contributed by atoms with Crippen LogP contribution in [-0.4, -0.2) is 65.0 Å². The highest BCUT2D eigenvalue weighted by atomic mass is 79.9. The molecule has 3 N–H and O–H groups in total. The van der Waals surface area contributed by atoms with Crippen molar-refractivity contribution >= 4 is 28.0 Å². The lowest BCUT2D eigenvalue weighted by atomic mass is 9.99. The summed E-state index contributed by atoms with van der Waals surface area (Å²) in [6, 6.07) is 2.80. The third kappa shape index (κ3) is 4.91. The minimum atomic E-state index is -2.58. The largest absolute Gasteiger partial charge is 0.360 e. The van der Waals surface area contributed by atoms with Gasteiger partial charge >= 0.3 is 12.1 Å². The van der Waals surface area contributed by atoms with Crippen LogP contribution in [0.3, 0.4) is 0 Å². The van der Waals surface area contributed by atoms with Crippen LogP contribution in [0.1, 0.15) is 24.8 Å². The Morgan fingerprint density at radius 3 is 2.71 bits per heavy atom. The molecule has 10 heteroatoms. The maximum absolute atomic E-state index is 14.4. The van der Waals surface area contributed by atoms with Crippen molar-refractivity contribution in [1.29, 1.82) is 0 Å². The van der Waals surface area contributed by atoms with Gasteiger partial charge in [-0.15, -0.1) is 0 Å². The summed E-state index contributed by atoms with van der Waals surface area (Å²) in [6.07, 6.45) is 1.25. The van der Waals surface area contributed by atoms with Crippen molar-refractivity contribution in [2.24, 2.45) is 0 Å². The fourth-order valence-corrected chi connectivity index (χ4v) is 3.84. The number of carbonyl (C=O) groups excluding carboxylic acids is 2. The van der Waals surface area contributed by atoms with Crippen molar-refractivity contribution in [2.75, 3.05) is 20.1 Å².